The molecule has 3 atom stereocenters. The van der Waals surface area contributed by atoms with Gasteiger partial charge in [-0.2, -0.15) is 0 Å². The maximum absolute atomic E-state index is 13.1. The second-order valence-electron chi connectivity index (χ2n) is 8.10. The molecule has 2 fully saturated rings. The lowest BCUT2D eigenvalue weighted by atomic mass is 9.94. The van der Waals surface area contributed by atoms with Gasteiger partial charge in [0.05, 0.1) is 29.2 Å². The summed E-state index contributed by atoms with van der Waals surface area (Å²) < 4.78 is 1.26. The van der Waals surface area contributed by atoms with Gasteiger partial charge in [0.25, 0.3) is 5.91 Å². The van der Waals surface area contributed by atoms with E-state index in [1.807, 2.05) is 29.5 Å². The number of rotatable bonds is 5. The highest BCUT2D eigenvalue weighted by molar-refractivity contribution is 7.18. The maximum Gasteiger partial charge on any atom is 0.283 e. The quantitative estimate of drug-likeness (QED) is 0.701. The van der Waals surface area contributed by atoms with Gasteiger partial charge in [0.1, 0.15) is 5.01 Å². The van der Waals surface area contributed by atoms with E-state index in [0.29, 0.717) is 12.0 Å². The predicted molar refractivity (Wildman–Crippen MR) is 113 cm³/mol. The SMILES string of the molecule is O=C(NC1CC1)[C@@H](c1ccccc1)[NH+]1CCC[C@H](c2nc3ccccc3s2)C1. The fourth-order valence-electron chi connectivity index (χ4n) is 4.36. The average molecular weight is 393 g/mol. The first-order chi connectivity index (χ1) is 13.8. The third-order valence-corrected chi connectivity index (χ3v) is 7.14. The lowest BCUT2D eigenvalue weighted by molar-refractivity contribution is -0.928. The summed E-state index contributed by atoms with van der Waals surface area (Å²) in [6.45, 7) is 2.01. The molecule has 1 aromatic heterocycles. The normalized spacial score (nSPS) is 23.4. The third kappa shape index (κ3) is 3.69. The zero-order valence-corrected chi connectivity index (χ0v) is 16.8. The van der Waals surface area contributed by atoms with Crippen molar-refractivity contribution in [1.82, 2.24) is 10.3 Å². The molecule has 2 heterocycles. The maximum atomic E-state index is 13.1. The van der Waals surface area contributed by atoms with Crippen molar-refractivity contribution in [2.75, 3.05) is 13.1 Å². The molecule has 2 aromatic carbocycles. The van der Waals surface area contributed by atoms with E-state index >= 15 is 0 Å². The highest BCUT2D eigenvalue weighted by Crippen LogP contribution is 2.31. The number of nitrogens with zero attached hydrogens (tertiary/aromatic N) is 1. The van der Waals surface area contributed by atoms with Crippen LogP contribution in [0.15, 0.2) is 54.6 Å². The van der Waals surface area contributed by atoms with Crippen molar-refractivity contribution in [2.45, 2.75) is 43.7 Å². The largest absolute Gasteiger partial charge is 0.348 e. The molecule has 3 aromatic rings. The Labute approximate surface area is 169 Å². The van der Waals surface area contributed by atoms with Crippen molar-refractivity contribution in [1.29, 1.82) is 0 Å². The van der Waals surface area contributed by atoms with Crippen LogP contribution < -0.4 is 10.2 Å². The second kappa shape index (κ2) is 7.64. The third-order valence-electron chi connectivity index (χ3n) is 5.95. The molecule has 1 aliphatic carbocycles. The minimum Gasteiger partial charge on any atom is -0.348 e. The van der Waals surface area contributed by atoms with Crippen LogP contribution in [0.25, 0.3) is 10.2 Å². The van der Waals surface area contributed by atoms with E-state index in [1.165, 1.54) is 14.6 Å². The van der Waals surface area contributed by atoms with Crippen LogP contribution in [-0.2, 0) is 4.79 Å². The number of fused-ring (bicyclic) bond motifs is 1. The van der Waals surface area contributed by atoms with Crippen molar-refractivity contribution in [2.24, 2.45) is 0 Å². The molecule has 0 spiro atoms. The number of carbonyl (C=O) groups is 1. The Hall–Kier alpha value is -2.24. The summed E-state index contributed by atoms with van der Waals surface area (Å²) in [7, 11) is 0. The average Bonchev–Trinajstić information content (AvgIpc) is 3.43. The highest BCUT2D eigenvalue weighted by atomic mass is 32.1. The summed E-state index contributed by atoms with van der Waals surface area (Å²) in [6, 6.07) is 19.0. The Kier molecular flexibility index (Phi) is 4.87. The number of thiazole rings is 1. The van der Waals surface area contributed by atoms with Crippen LogP contribution in [0.2, 0.25) is 0 Å². The number of carbonyl (C=O) groups excluding carboxylic acids is 1. The van der Waals surface area contributed by atoms with E-state index in [9.17, 15) is 4.79 Å². The van der Waals surface area contributed by atoms with E-state index in [4.69, 9.17) is 4.98 Å². The molecule has 1 saturated carbocycles. The Bertz CT molecular complexity index is 933. The Morgan fingerprint density at radius 1 is 1.07 bits per heavy atom. The molecule has 2 N–H and O–H groups in total. The number of nitrogens with one attached hydrogen (secondary N) is 2. The number of quaternary nitrogens is 1. The minimum absolute atomic E-state index is 0.126. The van der Waals surface area contributed by atoms with Crippen molar-refractivity contribution in [3.05, 3.63) is 65.2 Å². The summed E-state index contributed by atoms with van der Waals surface area (Å²) in [5.41, 5.74) is 2.22. The Balaban J connectivity index is 1.41. The molecule has 1 unspecified atom stereocenters. The van der Waals surface area contributed by atoms with Crippen LogP contribution in [0, 0.1) is 0 Å². The summed E-state index contributed by atoms with van der Waals surface area (Å²) in [5, 5.41) is 4.48. The van der Waals surface area contributed by atoms with E-state index in [2.05, 4.69) is 41.7 Å². The lowest BCUT2D eigenvalue weighted by Gasteiger charge is -2.34. The number of benzene rings is 2. The molecule has 1 amide bonds. The van der Waals surface area contributed by atoms with Crippen molar-refractivity contribution >= 4 is 27.5 Å². The number of para-hydroxylation sites is 1. The summed E-state index contributed by atoms with van der Waals surface area (Å²) in [6.07, 6.45) is 4.54. The van der Waals surface area contributed by atoms with Gasteiger partial charge < -0.3 is 10.2 Å². The first-order valence-electron chi connectivity index (χ1n) is 10.3. The summed E-state index contributed by atoms with van der Waals surface area (Å²) >= 11 is 1.82. The van der Waals surface area contributed by atoms with E-state index in [-0.39, 0.29) is 11.9 Å². The van der Waals surface area contributed by atoms with Gasteiger partial charge in [0.15, 0.2) is 6.04 Å². The lowest BCUT2D eigenvalue weighted by Crippen LogP contribution is -3.14. The van der Waals surface area contributed by atoms with Crippen LogP contribution in [0.4, 0.5) is 0 Å². The van der Waals surface area contributed by atoms with Crippen molar-refractivity contribution < 1.29 is 9.69 Å². The van der Waals surface area contributed by atoms with Crippen LogP contribution >= 0.6 is 11.3 Å². The van der Waals surface area contributed by atoms with E-state index < -0.39 is 0 Å². The molecule has 28 heavy (non-hydrogen) atoms. The fourth-order valence-corrected chi connectivity index (χ4v) is 5.47. The molecule has 5 rings (SSSR count). The van der Waals surface area contributed by atoms with Gasteiger partial charge in [-0.05, 0) is 37.8 Å². The van der Waals surface area contributed by atoms with E-state index in [0.717, 1.165) is 49.9 Å². The molecular weight excluding hydrogens is 366 g/mol. The van der Waals surface area contributed by atoms with Gasteiger partial charge >= 0.3 is 0 Å². The first kappa shape index (κ1) is 17.8. The molecule has 0 bridgehead atoms. The smallest absolute Gasteiger partial charge is 0.283 e. The molecule has 144 valence electrons. The number of amides is 1. The molecule has 1 aliphatic heterocycles. The highest BCUT2D eigenvalue weighted by Gasteiger charge is 2.38. The Morgan fingerprint density at radius 2 is 1.86 bits per heavy atom. The van der Waals surface area contributed by atoms with Gasteiger partial charge in [-0.15, -0.1) is 11.3 Å². The van der Waals surface area contributed by atoms with Gasteiger partial charge in [-0.3, -0.25) is 4.79 Å². The molecule has 5 heteroatoms. The molecule has 0 radical (unpaired) electrons. The number of aromatic nitrogens is 1. The summed E-state index contributed by atoms with van der Waals surface area (Å²) in [5.74, 6) is 0.620. The number of hydrogen-bond donors (Lipinski definition) is 2. The van der Waals surface area contributed by atoms with Gasteiger partial charge in [0, 0.05) is 11.6 Å². The zero-order valence-electron chi connectivity index (χ0n) is 15.9. The number of likely N-dealkylation sites (tertiary alicyclic amines) is 1. The van der Waals surface area contributed by atoms with Crippen LogP contribution in [0.5, 0.6) is 0 Å². The standard InChI is InChI=1S/C23H25N3OS/c27-22(24-18-12-13-18)21(16-7-2-1-3-8-16)26-14-6-9-17(15-26)23-25-19-10-4-5-11-20(19)28-23/h1-5,7-8,10-11,17-18,21H,6,9,12-15H2,(H,24,27)/p+1/t17-,21+/m0/s1. The molecule has 2 aliphatic rings. The Morgan fingerprint density at radius 3 is 2.64 bits per heavy atom. The molecular formula is C23H26N3OS+. The van der Waals surface area contributed by atoms with Crippen LogP contribution in [0.3, 0.4) is 0 Å². The predicted octanol–water partition coefficient (Wildman–Crippen LogP) is 3.08. The second-order valence-corrected chi connectivity index (χ2v) is 9.16. The number of hydrogen-bond acceptors (Lipinski definition) is 3. The topological polar surface area (TPSA) is 46.4 Å². The van der Waals surface area contributed by atoms with Gasteiger partial charge in [0.2, 0.25) is 0 Å². The van der Waals surface area contributed by atoms with Crippen molar-refractivity contribution in [3.8, 4) is 0 Å². The van der Waals surface area contributed by atoms with Crippen LogP contribution in [-0.4, -0.2) is 30.0 Å². The monoisotopic (exact) mass is 392 g/mol. The van der Waals surface area contributed by atoms with Gasteiger partial charge in [-0.1, -0.05) is 42.5 Å². The first-order valence-corrected chi connectivity index (χ1v) is 11.1. The number of piperidine rings is 1. The minimum atomic E-state index is -0.126. The van der Waals surface area contributed by atoms with Crippen molar-refractivity contribution in [3.63, 3.8) is 0 Å². The molecule has 1 saturated heterocycles. The fraction of sp³-hybridized carbons (Fsp3) is 0.391. The van der Waals surface area contributed by atoms with Gasteiger partial charge in [-0.25, -0.2) is 4.98 Å². The molecule has 4 nitrogen and oxygen atoms in total. The van der Waals surface area contributed by atoms with E-state index in [1.54, 1.807) is 0 Å². The zero-order chi connectivity index (χ0) is 18.9. The summed E-state index contributed by atoms with van der Waals surface area (Å²) in [4.78, 5) is 19.4. The van der Waals surface area contributed by atoms with Crippen LogP contribution in [0.1, 0.15) is 48.2 Å².